The number of amides is 2. The fourth-order valence-electron chi connectivity index (χ4n) is 4.48. The number of rotatable bonds is 6. The van der Waals surface area contributed by atoms with E-state index in [9.17, 15) is 19.5 Å². The van der Waals surface area contributed by atoms with E-state index in [-0.39, 0.29) is 17.5 Å². The van der Waals surface area contributed by atoms with Crippen molar-refractivity contribution in [2.75, 3.05) is 6.54 Å². The minimum Gasteiger partial charge on any atom is -0.480 e. The molecule has 1 saturated heterocycles. The van der Waals surface area contributed by atoms with Gasteiger partial charge in [-0.1, -0.05) is 38.5 Å². The number of para-hydroxylation sites is 1. The molecule has 168 valence electrons. The maximum Gasteiger partial charge on any atom is 0.326 e. The van der Waals surface area contributed by atoms with Crippen molar-refractivity contribution >= 4 is 39.6 Å². The number of hydrogen-bond acceptors (Lipinski definition) is 4. The van der Waals surface area contributed by atoms with Crippen LogP contribution in [-0.4, -0.2) is 56.4 Å². The Labute approximate surface area is 186 Å². The summed E-state index contributed by atoms with van der Waals surface area (Å²) in [6.45, 7) is 6.05. The number of aromatic amines is 1. The SMILES string of the molecule is CCC(C)C(NC(=O)c1cc2c([nH]c3ccccc32)c(C)n1)C(=O)N1CCCC1C(=O)O. The van der Waals surface area contributed by atoms with Crippen molar-refractivity contribution in [2.24, 2.45) is 5.92 Å². The molecule has 4 rings (SSSR count). The summed E-state index contributed by atoms with van der Waals surface area (Å²) in [7, 11) is 0. The lowest BCUT2D eigenvalue weighted by molar-refractivity contribution is -0.149. The van der Waals surface area contributed by atoms with E-state index in [1.165, 1.54) is 4.90 Å². The van der Waals surface area contributed by atoms with Crippen molar-refractivity contribution in [3.63, 3.8) is 0 Å². The number of benzene rings is 1. The minimum atomic E-state index is -1.01. The lowest BCUT2D eigenvalue weighted by Gasteiger charge is -2.30. The first-order valence-electron chi connectivity index (χ1n) is 11.0. The second kappa shape index (κ2) is 8.61. The molecule has 2 amide bonds. The Balaban J connectivity index is 1.65. The van der Waals surface area contributed by atoms with Gasteiger partial charge in [-0.2, -0.15) is 0 Å². The number of nitrogens with zero attached hydrogens (tertiary/aromatic N) is 2. The Morgan fingerprint density at radius 3 is 2.75 bits per heavy atom. The number of carboxylic acids is 1. The highest BCUT2D eigenvalue weighted by molar-refractivity contribution is 6.10. The normalized spacial score (nSPS) is 18.1. The molecule has 1 aliphatic heterocycles. The van der Waals surface area contributed by atoms with E-state index in [4.69, 9.17) is 0 Å². The number of carbonyl (C=O) groups is 3. The highest BCUT2D eigenvalue weighted by Crippen LogP contribution is 2.27. The van der Waals surface area contributed by atoms with Crippen LogP contribution in [0.2, 0.25) is 0 Å². The fraction of sp³-hybridized carbons (Fsp3) is 0.417. The van der Waals surface area contributed by atoms with Crippen LogP contribution in [0.3, 0.4) is 0 Å². The molecule has 0 saturated carbocycles. The number of likely N-dealkylation sites (tertiary alicyclic amines) is 1. The van der Waals surface area contributed by atoms with E-state index in [0.717, 1.165) is 21.8 Å². The summed E-state index contributed by atoms with van der Waals surface area (Å²) in [5.41, 5.74) is 2.77. The second-order valence-corrected chi connectivity index (χ2v) is 8.55. The highest BCUT2D eigenvalue weighted by atomic mass is 16.4. The van der Waals surface area contributed by atoms with Gasteiger partial charge in [0.2, 0.25) is 5.91 Å². The van der Waals surface area contributed by atoms with Crippen LogP contribution >= 0.6 is 0 Å². The van der Waals surface area contributed by atoms with Crippen molar-refractivity contribution < 1.29 is 19.5 Å². The van der Waals surface area contributed by atoms with Crippen LogP contribution in [-0.2, 0) is 9.59 Å². The zero-order chi connectivity index (χ0) is 23.0. The third-order valence-electron chi connectivity index (χ3n) is 6.50. The van der Waals surface area contributed by atoms with Gasteiger partial charge in [0.05, 0.1) is 11.2 Å². The standard InChI is InChI=1S/C24H28N4O4/c1-4-13(2)20(23(30)28-11-7-10-19(28)24(31)32)27-22(29)18-12-16-15-8-5-6-9-17(15)26-21(16)14(3)25-18/h5-6,8-9,12-13,19-20,26H,4,7,10-11H2,1-3H3,(H,27,29)(H,31,32). The van der Waals surface area contributed by atoms with Gasteiger partial charge in [0.25, 0.3) is 5.91 Å². The number of nitrogens with one attached hydrogen (secondary N) is 2. The summed E-state index contributed by atoms with van der Waals surface area (Å²) >= 11 is 0. The van der Waals surface area contributed by atoms with Gasteiger partial charge in [-0.15, -0.1) is 0 Å². The molecule has 0 spiro atoms. The first-order chi connectivity index (χ1) is 15.3. The van der Waals surface area contributed by atoms with Crippen molar-refractivity contribution in [3.05, 3.63) is 41.7 Å². The molecule has 0 radical (unpaired) electrons. The molecule has 3 aromatic rings. The van der Waals surface area contributed by atoms with E-state index in [2.05, 4.69) is 15.3 Å². The number of aryl methyl sites for hydroxylation is 1. The second-order valence-electron chi connectivity index (χ2n) is 8.55. The Kier molecular flexibility index (Phi) is 5.86. The minimum absolute atomic E-state index is 0.153. The molecule has 3 N–H and O–H groups in total. The van der Waals surface area contributed by atoms with Gasteiger partial charge in [-0.05, 0) is 37.8 Å². The van der Waals surface area contributed by atoms with Gasteiger partial charge < -0.3 is 20.3 Å². The van der Waals surface area contributed by atoms with Crippen molar-refractivity contribution in [1.82, 2.24) is 20.2 Å². The Bertz CT molecular complexity index is 1200. The highest BCUT2D eigenvalue weighted by Gasteiger charge is 2.39. The predicted molar refractivity (Wildman–Crippen MR) is 121 cm³/mol. The Morgan fingerprint density at radius 2 is 2.03 bits per heavy atom. The molecule has 8 nitrogen and oxygen atoms in total. The summed E-state index contributed by atoms with van der Waals surface area (Å²) in [6.07, 6.45) is 1.73. The van der Waals surface area contributed by atoms with E-state index >= 15 is 0 Å². The molecule has 1 aliphatic rings. The van der Waals surface area contributed by atoms with Crippen LogP contribution in [0.5, 0.6) is 0 Å². The molecule has 32 heavy (non-hydrogen) atoms. The monoisotopic (exact) mass is 436 g/mol. The van der Waals surface area contributed by atoms with E-state index in [1.807, 2.05) is 45.0 Å². The number of fused-ring (bicyclic) bond motifs is 3. The molecule has 1 fully saturated rings. The Morgan fingerprint density at radius 1 is 1.28 bits per heavy atom. The number of aromatic nitrogens is 2. The van der Waals surface area contributed by atoms with E-state index in [1.54, 1.807) is 6.07 Å². The van der Waals surface area contributed by atoms with Crippen molar-refractivity contribution in [3.8, 4) is 0 Å². The molecular formula is C24H28N4O4. The van der Waals surface area contributed by atoms with Crippen LogP contribution in [0.1, 0.15) is 49.3 Å². The topological polar surface area (TPSA) is 115 Å². The molecule has 0 aliphatic carbocycles. The predicted octanol–water partition coefficient (Wildman–Crippen LogP) is 3.24. The molecule has 3 heterocycles. The smallest absolute Gasteiger partial charge is 0.326 e. The number of hydrogen-bond donors (Lipinski definition) is 3. The molecule has 3 atom stereocenters. The Hall–Kier alpha value is -3.42. The van der Waals surface area contributed by atoms with Gasteiger partial charge in [0, 0.05) is 22.8 Å². The van der Waals surface area contributed by atoms with Crippen LogP contribution in [0.25, 0.3) is 21.8 Å². The number of H-pyrrole nitrogens is 1. The quantitative estimate of drug-likeness (QED) is 0.549. The maximum absolute atomic E-state index is 13.3. The maximum atomic E-state index is 13.3. The summed E-state index contributed by atoms with van der Waals surface area (Å²) in [4.78, 5) is 47.2. The fourth-order valence-corrected chi connectivity index (χ4v) is 4.48. The van der Waals surface area contributed by atoms with Crippen molar-refractivity contribution in [2.45, 2.75) is 52.1 Å². The largest absolute Gasteiger partial charge is 0.480 e. The summed E-state index contributed by atoms with van der Waals surface area (Å²) in [5, 5.41) is 14.2. The third-order valence-corrected chi connectivity index (χ3v) is 6.50. The van der Waals surface area contributed by atoms with Gasteiger partial charge in [0.1, 0.15) is 17.8 Å². The molecule has 2 aromatic heterocycles. The van der Waals surface area contributed by atoms with Crippen LogP contribution in [0.4, 0.5) is 0 Å². The van der Waals surface area contributed by atoms with Gasteiger partial charge >= 0.3 is 5.97 Å². The molecule has 0 bridgehead atoms. The molecule has 8 heteroatoms. The lowest BCUT2D eigenvalue weighted by Crippen LogP contribution is -2.54. The zero-order valence-corrected chi connectivity index (χ0v) is 18.5. The molecule has 3 unspecified atom stereocenters. The van der Waals surface area contributed by atoms with E-state index < -0.39 is 24.0 Å². The molecule has 1 aromatic carbocycles. The number of carbonyl (C=O) groups excluding carboxylic acids is 2. The first kappa shape index (κ1) is 21.8. The van der Waals surface area contributed by atoms with Gasteiger partial charge in [-0.25, -0.2) is 9.78 Å². The van der Waals surface area contributed by atoms with Gasteiger partial charge in [0.15, 0.2) is 0 Å². The number of pyridine rings is 1. The average molecular weight is 437 g/mol. The molecular weight excluding hydrogens is 408 g/mol. The van der Waals surface area contributed by atoms with Gasteiger partial charge in [-0.3, -0.25) is 9.59 Å². The number of aliphatic carboxylic acids is 1. The lowest BCUT2D eigenvalue weighted by atomic mass is 9.97. The average Bonchev–Trinajstić information content (AvgIpc) is 3.42. The van der Waals surface area contributed by atoms with E-state index in [0.29, 0.717) is 31.5 Å². The van der Waals surface area contributed by atoms with Crippen LogP contribution in [0, 0.1) is 12.8 Å². The summed E-state index contributed by atoms with van der Waals surface area (Å²) < 4.78 is 0. The van der Waals surface area contributed by atoms with Crippen LogP contribution in [0.15, 0.2) is 30.3 Å². The third kappa shape index (κ3) is 3.81. The summed E-state index contributed by atoms with van der Waals surface area (Å²) in [6, 6.07) is 7.94. The van der Waals surface area contributed by atoms with Crippen LogP contribution < -0.4 is 5.32 Å². The summed E-state index contributed by atoms with van der Waals surface area (Å²) in [5.74, 6) is -1.95. The zero-order valence-electron chi connectivity index (χ0n) is 18.5. The number of carboxylic acid groups (broad SMARTS) is 1. The first-order valence-corrected chi connectivity index (χ1v) is 11.0. The van der Waals surface area contributed by atoms with Crippen molar-refractivity contribution in [1.29, 1.82) is 0 Å².